The van der Waals surface area contributed by atoms with Crippen molar-refractivity contribution in [1.29, 1.82) is 5.41 Å². The molecule has 9 nitrogen and oxygen atoms in total. The first-order chi connectivity index (χ1) is 7.61. The zero-order valence-corrected chi connectivity index (χ0v) is 10.1. The van der Waals surface area contributed by atoms with Crippen LogP contribution in [0.15, 0.2) is 0 Å². The Hall–Kier alpha value is -1.39. The fourth-order valence-electron chi connectivity index (χ4n) is 1.26. The van der Waals surface area contributed by atoms with Gasteiger partial charge in [-0.05, 0) is 0 Å². The molecule has 0 atom stereocenters. The summed E-state index contributed by atoms with van der Waals surface area (Å²) in [5.74, 6) is 0.191. The standard InChI is InChI=1S/C7H14N4O.H2O4S/c1-6(12)10-2-4-11(5-3-10)7(8)9;1-5(2,3)4/h2-5H2,1H3,(H3,8,9);(H2,1,2,3,4). The Morgan fingerprint density at radius 1 is 1.18 bits per heavy atom. The van der Waals surface area contributed by atoms with E-state index in [1.807, 2.05) is 0 Å². The Labute approximate surface area is 99.3 Å². The van der Waals surface area contributed by atoms with Crippen molar-refractivity contribution in [1.82, 2.24) is 9.80 Å². The van der Waals surface area contributed by atoms with Crippen molar-refractivity contribution < 1.29 is 22.3 Å². The fourth-order valence-corrected chi connectivity index (χ4v) is 1.26. The van der Waals surface area contributed by atoms with Crippen molar-refractivity contribution in [2.24, 2.45) is 5.73 Å². The molecule has 100 valence electrons. The zero-order chi connectivity index (χ0) is 13.6. The van der Waals surface area contributed by atoms with Crippen LogP contribution in [0, 0.1) is 5.41 Å². The van der Waals surface area contributed by atoms with E-state index in [2.05, 4.69) is 0 Å². The number of hydrogen-bond acceptors (Lipinski definition) is 4. The van der Waals surface area contributed by atoms with Gasteiger partial charge in [0.1, 0.15) is 0 Å². The molecule has 0 radical (unpaired) electrons. The summed E-state index contributed by atoms with van der Waals surface area (Å²) in [6.45, 7) is 4.26. The zero-order valence-electron chi connectivity index (χ0n) is 9.33. The fraction of sp³-hybridized carbons (Fsp3) is 0.714. The number of nitrogens with two attached hydrogens (primary N) is 1. The van der Waals surface area contributed by atoms with E-state index in [-0.39, 0.29) is 11.9 Å². The molecule has 0 aromatic carbocycles. The highest BCUT2D eigenvalue weighted by molar-refractivity contribution is 7.79. The van der Waals surface area contributed by atoms with Gasteiger partial charge >= 0.3 is 10.4 Å². The largest absolute Gasteiger partial charge is 0.394 e. The second kappa shape index (κ2) is 6.37. The van der Waals surface area contributed by atoms with Gasteiger partial charge in [0.15, 0.2) is 5.96 Å². The Bertz CT molecular complexity index is 344. The molecule has 5 N–H and O–H groups in total. The van der Waals surface area contributed by atoms with E-state index >= 15 is 0 Å². The molecule has 0 aromatic rings. The van der Waals surface area contributed by atoms with E-state index in [0.29, 0.717) is 26.2 Å². The first-order valence-corrected chi connectivity index (χ1v) is 6.05. The van der Waals surface area contributed by atoms with E-state index < -0.39 is 10.4 Å². The van der Waals surface area contributed by atoms with Crippen molar-refractivity contribution in [2.75, 3.05) is 26.2 Å². The van der Waals surface area contributed by atoms with Crippen LogP contribution in [0.5, 0.6) is 0 Å². The lowest BCUT2D eigenvalue weighted by Crippen LogP contribution is -2.51. The van der Waals surface area contributed by atoms with Crippen LogP contribution < -0.4 is 5.73 Å². The summed E-state index contributed by atoms with van der Waals surface area (Å²) in [6.07, 6.45) is 0. The second-order valence-corrected chi connectivity index (χ2v) is 4.22. The number of nitrogens with one attached hydrogen (secondary N) is 1. The summed E-state index contributed by atoms with van der Waals surface area (Å²) in [7, 11) is -4.67. The SMILES string of the molecule is CC(=O)N1CCN(C(=N)N)CC1.O=S(=O)(O)O. The minimum Gasteiger partial charge on any atom is -0.370 e. The molecule has 0 aliphatic carbocycles. The Morgan fingerprint density at radius 3 is 1.71 bits per heavy atom. The van der Waals surface area contributed by atoms with Crippen LogP contribution in [0.3, 0.4) is 0 Å². The van der Waals surface area contributed by atoms with Crippen LogP contribution in [-0.2, 0) is 15.2 Å². The molecule has 1 aliphatic rings. The Morgan fingerprint density at radius 2 is 1.47 bits per heavy atom. The van der Waals surface area contributed by atoms with Crippen molar-refractivity contribution >= 4 is 22.3 Å². The van der Waals surface area contributed by atoms with Gasteiger partial charge in [0.2, 0.25) is 5.91 Å². The van der Waals surface area contributed by atoms with Crippen LogP contribution in [0.25, 0.3) is 0 Å². The third kappa shape index (κ3) is 8.42. The maximum atomic E-state index is 10.9. The first kappa shape index (κ1) is 15.6. The number of nitrogens with zero attached hydrogens (tertiary/aromatic N) is 2. The third-order valence-corrected chi connectivity index (χ3v) is 2.07. The average Bonchev–Trinajstić information content (AvgIpc) is 2.15. The van der Waals surface area contributed by atoms with Gasteiger partial charge in [0.05, 0.1) is 0 Å². The highest BCUT2D eigenvalue weighted by Crippen LogP contribution is 2.00. The molecule has 0 unspecified atom stereocenters. The number of carbonyl (C=O) groups excluding carboxylic acids is 1. The van der Waals surface area contributed by atoms with Gasteiger partial charge in [-0.15, -0.1) is 0 Å². The minimum atomic E-state index is -4.67. The summed E-state index contributed by atoms with van der Waals surface area (Å²) < 4.78 is 31.6. The molecule has 1 rings (SSSR count). The normalized spacial score (nSPS) is 15.9. The number of amides is 1. The predicted molar refractivity (Wildman–Crippen MR) is 59.9 cm³/mol. The molecule has 1 saturated heterocycles. The van der Waals surface area contributed by atoms with Crippen molar-refractivity contribution in [2.45, 2.75) is 6.92 Å². The average molecular weight is 268 g/mol. The lowest BCUT2D eigenvalue weighted by Gasteiger charge is -2.34. The molecular formula is C7H16N4O5S. The molecule has 0 bridgehead atoms. The molecule has 1 fully saturated rings. The lowest BCUT2D eigenvalue weighted by atomic mass is 10.3. The van der Waals surface area contributed by atoms with Gasteiger partial charge in [0.25, 0.3) is 0 Å². The summed E-state index contributed by atoms with van der Waals surface area (Å²) >= 11 is 0. The van der Waals surface area contributed by atoms with Gasteiger partial charge in [0, 0.05) is 33.1 Å². The number of piperazine rings is 1. The van der Waals surface area contributed by atoms with E-state index in [4.69, 9.17) is 28.7 Å². The number of guanidine groups is 1. The molecule has 17 heavy (non-hydrogen) atoms. The number of carbonyl (C=O) groups is 1. The van der Waals surface area contributed by atoms with E-state index in [9.17, 15) is 4.79 Å². The van der Waals surface area contributed by atoms with Gasteiger partial charge in [-0.1, -0.05) is 0 Å². The smallest absolute Gasteiger partial charge is 0.370 e. The van der Waals surface area contributed by atoms with Gasteiger partial charge < -0.3 is 15.5 Å². The Balaban J connectivity index is 0.000000437. The molecule has 1 amide bonds. The molecule has 0 aromatic heterocycles. The molecule has 0 saturated carbocycles. The lowest BCUT2D eigenvalue weighted by molar-refractivity contribution is -0.130. The van der Waals surface area contributed by atoms with Crippen LogP contribution in [0.2, 0.25) is 0 Å². The van der Waals surface area contributed by atoms with Crippen LogP contribution in [0.1, 0.15) is 6.92 Å². The quantitative estimate of drug-likeness (QED) is 0.234. The van der Waals surface area contributed by atoms with Crippen molar-refractivity contribution in [3.8, 4) is 0 Å². The minimum absolute atomic E-state index is 0.0956. The number of hydrogen-bond donors (Lipinski definition) is 4. The van der Waals surface area contributed by atoms with E-state index in [1.54, 1.807) is 16.7 Å². The van der Waals surface area contributed by atoms with Crippen LogP contribution in [-0.4, -0.2) is 65.4 Å². The number of rotatable bonds is 0. The Kier molecular flexibility index (Phi) is 5.85. The van der Waals surface area contributed by atoms with Gasteiger partial charge in [-0.3, -0.25) is 19.3 Å². The summed E-state index contributed by atoms with van der Waals surface area (Å²) in [5.41, 5.74) is 5.29. The molecule has 1 aliphatic heterocycles. The summed E-state index contributed by atoms with van der Waals surface area (Å²) in [6, 6.07) is 0. The monoisotopic (exact) mass is 268 g/mol. The maximum Gasteiger partial charge on any atom is 0.394 e. The van der Waals surface area contributed by atoms with Crippen LogP contribution in [0.4, 0.5) is 0 Å². The van der Waals surface area contributed by atoms with Gasteiger partial charge in [-0.25, -0.2) is 0 Å². The van der Waals surface area contributed by atoms with Crippen molar-refractivity contribution in [3.05, 3.63) is 0 Å². The molecule has 1 heterocycles. The van der Waals surface area contributed by atoms with E-state index in [0.717, 1.165) is 0 Å². The molecular weight excluding hydrogens is 252 g/mol. The second-order valence-electron chi connectivity index (χ2n) is 3.33. The highest BCUT2D eigenvalue weighted by Gasteiger charge is 2.18. The topological polar surface area (TPSA) is 148 Å². The van der Waals surface area contributed by atoms with E-state index in [1.165, 1.54) is 0 Å². The molecule has 0 spiro atoms. The van der Waals surface area contributed by atoms with Crippen molar-refractivity contribution in [3.63, 3.8) is 0 Å². The maximum absolute atomic E-state index is 10.9. The van der Waals surface area contributed by atoms with Gasteiger partial charge in [-0.2, -0.15) is 8.42 Å². The summed E-state index contributed by atoms with van der Waals surface area (Å²) in [4.78, 5) is 14.4. The first-order valence-electron chi connectivity index (χ1n) is 4.65. The molecule has 10 heteroatoms. The summed E-state index contributed by atoms with van der Waals surface area (Å²) in [5, 5.41) is 7.16. The predicted octanol–water partition coefficient (Wildman–Crippen LogP) is -1.61. The highest BCUT2D eigenvalue weighted by atomic mass is 32.3. The van der Waals surface area contributed by atoms with Crippen LogP contribution >= 0.6 is 0 Å². The third-order valence-electron chi connectivity index (χ3n) is 2.07.